The molecule has 0 aliphatic carbocycles. The van der Waals surface area contributed by atoms with E-state index in [1.165, 1.54) is 0 Å². The lowest BCUT2D eigenvalue weighted by molar-refractivity contribution is -0.148. The Balaban J connectivity index is 0.000000166. The number of piperazine rings is 1. The van der Waals surface area contributed by atoms with Crippen LogP contribution in [0.25, 0.3) is 0 Å². The number of ether oxygens (including phenoxy) is 3. The summed E-state index contributed by atoms with van der Waals surface area (Å²) in [5.41, 5.74) is 9.83. The molecule has 3 atom stereocenters. The number of fused-ring (bicyclic) bond motifs is 3. The zero-order valence-corrected chi connectivity index (χ0v) is 47.3. The number of carbonyl (C=O) groups is 3. The number of aryl methyl sites for hydroxylation is 1. The van der Waals surface area contributed by atoms with Gasteiger partial charge in [-0.2, -0.15) is 10.2 Å². The monoisotopic (exact) mass is 1040 g/mol. The number of likely N-dealkylation sites (N-methyl/N-ethyl adjacent to an activating group) is 2. The predicted octanol–water partition coefficient (Wildman–Crippen LogP) is 8.28. The van der Waals surface area contributed by atoms with E-state index in [2.05, 4.69) is 27.2 Å². The van der Waals surface area contributed by atoms with Crippen LogP contribution in [0.5, 0.6) is 34.5 Å². The Morgan fingerprint density at radius 3 is 1.57 bits per heavy atom. The highest BCUT2D eigenvalue weighted by atomic mass is 16.5. The summed E-state index contributed by atoms with van der Waals surface area (Å²) in [6.07, 6.45) is 10.1. The predicted molar refractivity (Wildman–Crippen MR) is 292 cm³/mol. The zero-order valence-electron chi connectivity index (χ0n) is 47.3. The van der Waals surface area contributed by atoms with Gasteiger partial charge in [-0.1, -0.05) is 6.58 Å². The maximum absolute atomic E-state index is 13.1. The lowest BCUT2D eigenvalue weighted by atomic mass is 9.86. The van der Waals surface area contributed by atoms with Crippen molar-refractivity contribution < 1.29 is 43.9 Å². The number of aromatic nitrogens is 4. The number of carbonyl (C=O) groups excluding carboxylic acids is 3. The molecule has 3 amide bonds. The number of phenols is 3. The van der Waals surface area contributed by atoms with Crippen LogP contribution in [-0.4, -0.2) is 125 Å². The third-order valence-electron chi connectivity index (χ3n) is 16.4. The van der Waals surface area contributed by atoms with E-state index in [4.69, 9.17) is 14.2 Å². The van der Waals surface area contributed by atoms with E-state index >= 15 is 0 Å². The number of hydrogen-bond acceptors (Lipinski definition) is 12. The molecule has 1 saturated heterocycles. The van der Waals surface area contributed by atoms with Crippen LogP contribution in [0, 0.1) is 62.3 Å². The molecule has 17 nitrogen and oxygen atoms in total. The first-order valence-electron chi connectivity index (χ1n) is 26.4. The third kappa shape index (κ3) is 11.1. The fraction of sp³-hybridized carbons (Fsp3) is 0.508. The van der Waals surface area contributed by atoms with Gasteiger partial charge in [-0.25, -0.2) is 0 Å². The number of hydrogen-bond donors (Lipinski definition) is 5. The van der Waals surface area contributed by atoms with E-state index in [9.17, 15) is 29.7 Å². The highest BCUT2D eigenvalue weighted by Crippen LogP contribution is 2.46. The lowest BCUT2D eigenvalue weighted by Gasteiger charge is -2.41. The summed E-state index contributed by atoms with van der Waals surface area (Å²) in [6, 6.07) is 3.75. The maximum Gasteiger partial charge on any atom is 0.266 e. The summed E-state index contributed by atoms with van der Waals surface area (Å²) in [7, 11) is 3.60. The lowest BCUT2D eigenvalue weighted by Crippen LogP contribution is -2.56. The van der Waals surface area contributed by atoms with E-state index in [0.717, 1.165) is 128 Å². The molecule has 3 unspecified atom stereocenters. The topological polar surface area (TPSA) is 208 Å². The molecule has 410 valence electrons. The van der Waals surface area contributed by atoms with Crippen molar-refractivity contribution in [3.63, 3.8) is 0 Å². The molecule has 76 heavy (non-hydrogen) atoms. The minimum absolute atomic E-state index is 0.00334. The van der Waals surface area contributed by atoms with Crippen molar-refractivity contribution in [1.82, 2.24) is 40.0 Å². The average Bonchev–Trinajstić information content (AvgIpc) is 4.19. The first-order valence-corrected chi connectivity index (χ1v) is 26.4. The molecule has 3 aromatic carbocycles. The number of nitrogens with one attached hydrogen (secondary N) is 2. The number of rotatable bonds is 9. The van der Waals surface area contributed by atoms with Crippen LogP contribution in [0.1, 0.15) is 119 Å². The largest absolute Gasteiger partial charge is 0.507 e. The van der Waals surface area contributed by atoms with E-state index in [1.54, 1.807) is 29.2 Å². The van der Waals surface area contributed by atoms with Crippen LogP contribution in [0.15, 0.2) is 43.0 Å². The van der Waals surface area contributed by atoms with Crippen LogP contribution < -0.4 is 19.5 Å². The van der Waals surface area contributed by atoms with Crippen LogP contribution in [0.3, 0.4) is 0 Å². The third-order valence-corrected chi connectivity index (χ3v) is 16.4. The van der Waals surface area contributed by atoms with Gasteiger partial charge in [0.1, 0.15) is 34.5 Å². The molecule has 4 aliphatic rings. The fourth-order valence-corrected chi connectivity index (χ4v) is 10.9. The second-order valence-corrected chi connectivity index (χ2v) is 21.9. The molecule has 0 bridgehead atoms. The van der Waals surface area contributed by atoms with Crippen molar-refractivity contribution in [2.75, 3.05) is 40.3 Å². The molecule has 5 N–H and O–H groups in total. The smallest absolute Gasteiger partial charge is 0.266 e. The molecule has 0 radical (unpaired) electrons. The Labute approximate surface area is 448 Å². The summed E-state index contributed by atoms with van der Waals surface area (Å²) in [4.78, 5) is 44.4. The van der Waals surface area contributed by atoms with Gasteiger partial charge in [0.05, 0.1) is 18.8 Å². The van der Waals surface area contributed by atoms with Crippen molar-refractivity contribution in [1.29, 1.82) is 0 Å². The van der Waals surface area contributed by atoms with Crippen molar-refractivity contribution in [2.45, 2.75) is 158 Å². The van der Waals surface area contributed by atoms with Gasteiger partial charge in [-0.3, -0.25) is 24.2 Å². The molecule has 0 saturated carbocycles. The highest BCUT2D eigenvalue weighted by molar-refractivity contribution is 5.87. The SMILES string of the molecule is C=C1CN(C(=O)C2(C)CCc3c(C)c(O)c(C)c(C)c3O2)CCN1.Cc1c(C)c2c(c(C)c1O)CCC(C)(C(=O)N(C)CCCn1cccn1)O2.Cc1c(C)c2c(c(C)c1O)CCC(C)(C(=O)N(C)Cc1ccn[nH]1)O2. The number of aromatic amines is 1. The molecular weight excluding hydrogens is 965 g/mol. The van der Waals surface area contributed by atoms with Crippen molar-refractivity contribution in [3.8, 4) is 34.5 Å². The summed E-state index contributed by atoms with van der Waals surface area (Å²) in [6.45, 7) is 30.5. The molecule has 5 aromatic rings. The van der Waals surface area contributed by atoms with E-state index in [-0.39, 0.29) is 17.7 Å². The molecule has 9 rings (SSSR count). The number of amides is 3. The molecular formula is C59H80N8O9. The van der Waals surface area contributed by atoms with Crippen molar-refractivity contribution in [2.24, 2.45) is 0 Å². The molecule has 2 aromatic heterocycles. The quantitative estimate of drug-likeness (QED) is 0.0946. The number of aromatic hydroxyl groups is 3. The summed E-state index contributed by atoms with van der Waals surface area (Å²) in [5.74, 6) is 3.21. The minimum Gasteiger partial charge on any atom is -0.507 e. The van der Waals surface area contributed by atoms with Crippen LogP contribution in [0.4, 0.5) is 0 Å². The maximum atomic E-state index is 13.1. The van der Waals surface area contributed by atoms with Crippen LogP contribution in [0.2, 0.25) is 0 Å². The number of H-pyrrole nitrogens is 1. The molecule has 6 heterocycles. The number of phenolic OH excluding ortho intramolecular Hbond substituents is 3. The summed E-state index contributed by atoms with van der Waals surface area (Å²) >= 11 is 0. The Morgan fingerprint density at radius 1 is 0.671 bits per heavy atom. The van der Waals surface area contributed by atoms with Crippen LogP contribution in [-0.2, 0) is 46.7 Å². The Kier molecular flexibility index (Phi) is 16.5. The van der Waals surface area contributed by atoms with E-state index in [0.29, 0.717) is 69.1 Å². The molecule has 17 heteroatoms. The standard InChI is InChI=1S/C21H29N3O3.C19H25N3O3.C19H26N2O3/c1-14-15(2)19-17(16(3)18(14)25)8-9-21(4,27-19)20(26)23(5)11-7-13-24-12-6-10-22-24;1-11-12(2)17-15(13(3)16(11)23)6-8-19(4,25-17)18(24)22(5)10-14-7-9-20-21-14;1-11-10-21(9-8-20-11)18(23)19(5)7-6-15-14(4)16(22)12(2)13(3)17(15)24-19/h6,10,12,25H,7-9,11,13H2,1-5H3;7,9,23H,6,8,10H2,1-5H3,(H,20,21);20,22H,1,6-10H2,2-5H3. The first kappa shape index (κ1) is 56.6. The van der Waals surface area contributed by atoms with Crippen LogP contribution >= 0.6 is 0 Å². The van der Waals surface area contributed by atoms with Gasteiger partial charge in [-0.05, 0) is 171 Å². The summed E-state index contributed by atoms with van der Waals surface area (Å²) in [5, 5.41) is 45.0. The second-order valence-electron chi connectivity index (χ2n) is 21.9. The highest BCUT2D eigenvalue weighted by Gasteiger charge is 2.45. The average molecular weight is 1050 g/mol. The van der Waals surface area contributed by atoms with Gasteiger partial charge < -0.3 is 49.5 Å². The number of nitrogens with zero attached hydrogens (tertiary/aromatic N) is 6. The Morgan fingerprint density at radius 2 is 1.13 bits per heavy atom. The summed E-state index contributed by atoms with van der Waals surface area (Å²) < 4.78 is 20.7. The molecule has 1 fully saturated rings. The first-order chi connectivity index (χ1) is 35.7. The van der Waals surface area contributed by atoms with Gasteiger partial charge in [0.25, 0.3) is 17.7 Å². The van der Waals surface area contributed by atoms with Gasteiger partial charge in [-0.15, -0.1) is 0 Å². The zero-order chi connectivity index (χ0) is 55.8. The normalized spacial score (nSPS) is 20.3. The second kappa shape index (κ2) is 22.2. The number of benzene rings is 3. The van der Waals surface area contributed by atoms with Crippen molar-refractivity contribution in [3.05, 3.63) is 115 Å². The van der Waals surface area contributed by atoms with Gasteiger partial charge in [0.2, 0.25) is 0 Å². The Bertz CT molecular complexity index is 3020. The molecule has 0 spiro atoms. The fourth-order valence-electron chi connectivity index (χ4n) is 10.9. The van der Waals surface area contributed by atoms with Gasteiger partial charge in [0, 0.05) is 101 Å². The van der Waals surface area contributed by atoms with Crippen molar-refractivity contribution >= 4 is 17.7 Å². The van der Waals surface area contributed by atoms with E-state index in [1.807, 2.05) is 118 Å². The molecule has 4 aliphatic heterocycles. The van der Waals surface area contributed by atoms with Gasteiger partial charge in [0.15, 0.2) is 16.8 Å². The minimum atomic E-state index is -0.914. The van der Waals surface area contributed by atoms with E-state index < -0.39 is 16.8 Å². The van der Waals surface area contributed by atoms with Gasteiger partial charge >= 0.3 is 0 Å². The Hall–Kier alpha value is -7.17.